The lowest BCUT2D eigenvalue weighted by Crippen LogP contribution is -2.34. The van der Waals surface area contributed by atoms with Crippen LogP contribution in [0.4, 0.5) is 5.82 Å². The molecule has 0 radical (unpaired) electrons. The Morgan fingerprint density at radius 2 is 2.35 bits per heavy atom. The second kappa shape index (κ2) is 6.05. The molecule has 2 N–H and O–H groups in total. The van der Waals surface area contributed by atoms with Crippen LogP contribution in [0.2, 0.25) is 0 Å². The van der Waals surface area contributed by atoms with Crippen LogP contribution in [-0.2, 0) is 6.54 Å². The summed E-state index contributed by atoms with van der Waals surface area (Å²) in [7, 11) is 1.93. The van der Waals surface area contributed by atoms with Crippen molar-refractivity contribution in [1.82, 2.24) is 20.1 Å². The molecule has 1 atom stereocenters. The van der Waals surface area contributed by atoms with Gasteiger partial charge >= 0.3 is 0 Å². The average molecular weight is 271 g/mol. The standard InChI is InChI=1S/C15H21N5/c1-16-15-13(4-2-7-17-15)11-20-9-3-5-12(10-20)14-6-8-18-19-14/h2,4,6-8,12H,3,5,9-11H2,1H3,(H,16,17)(H,18,19)/t12-/m0/s1. The first-order chi connectivity index (χ1) is 9.86. The van der Waals surface area contributed by atoms with E-state index in [1.807, 2.05) is 25.5 Å². The lowest BCUT2D eigenvalue weighted by molar-refractivity contribution is 0.198. The summed E-state index contributed by atoms with van der Waals surface area (Å²) in [6.07, 6.45) is 6.15. The third-order valence-electron chi connectivity index (χ3n) is 3.99. The van der Waals surface area contributed by atoms with Gasteiger partial charge in [-0.05, 0) is 31.5 Å². The van der Waals surface area contributed by atoms with E-state index in [2.05, 4.69) is 37.5 Å². The van der Waals surface area contributed by atoms with E-state index in [0.29, 0.717) is 5.92 Å². The quantitative estimate of drug-likeness (QED) is 0.895. The first kappa shape index (κ1) is 13.1. The Labute approximate surface area is 119 Å². The van der Waals surface area contributed by atoms with Crippen LogP contribution in [0.15, 0.2) is 30.6 Å². The number of aromatic nitrogens is 3. The highest BCUT2D eigenvalue weighted by Gasteiger charge is 2.22. The van der Waals surface area contributed by atoms with E-state index in [1.54, 1.807) is 0 Å². The molecule has 0 spiro atoms. The molecule has 0 unspecified atom stereocenters. The van der Waals surface area contributed by atoms with Crippen molar-refractivity contribution in [3.8, 4) is 0 Å². The molecule has 2 aromatic rings. The minimum Gasteiger partial charge on any atom is -0.373 e. The minimum atomic E-state index is 0.570. The van der Waals surface area contributed by atoms with Gasteiger partial charge in [0.05, 0.1) is 0 Å². The molecule has 3 rings (SSSR count). The first-order valence-electron chi connectivity index (χ1n) is 7.20. The predicted molar refractivity (Wildman–Crippen MR) is 79.6 cm³/mol. The van der Waals surface area contributed by atoms with Crippen LogP contribution in [0.5, 0.6) is 0 Å². The molecule has 0 aliphatic carbocycles. The summed E-state index contributed by atoms with van der Waals surface area (Å²) >= 11 is 0. The molecule has 0 saturated carbocycles. The summed E-state index contributed by atoms with van der Waals surface area (Å²) in [5.74, 6) is 1.55. The van der Waals surface area contributed by atoms with Gasteiger partial charge in [-0.1, -0.05) is 6.07 Å². The molecule has 5 nitrogen and oxygen atoms in total. The fourth-order valence-electron chi connectivity index (χ4n) is 2.98. The number of hydrogen-bond acceptors (Lipinski definition) is 4. The smallest absolute Gasteiger partial charge is 0.130 e. The molecule has 1 aliphatic heterocycles. The predicted octanol–water partition coefficient (Wildman–Crippen LogP) is 2.23. The van der Waals surface area contributed by atoms with Crippen LogP contribution < -0.4 is 5.32 Å². The monoisotopic (exact) mass is 271 g/mol. The Hall–Kier alpha value is -1.88. The zero-order chi connectivity index (χ0) is 13.8. The zero-order valence-corrected chi connectivity index (χ0v) is 11.8. The molecule has 20 heavy (non-hydrogen) atoms. The number of likely N-dealkylation sites (tertiary alicyclic amines) is 1. The molecule has 3 heterocycles. The van der Waals surface area contributed by atoms with Gasteiger partial charge < -0.3 is 5.32 Å². The minimum absolute atomic E-state index is 0.570. The molecule has 106 valence electrons. The third kappa shape index (κ3) is 2.82. The second-order valence-electron chi connectivity index (χ2n) is 5.35. The maximum absolute atomic E-state index is 4.38. The molecule has 1 aliphatic rings. The van der Waals surface area contributed by atoms with E-state index in [4.69, 9.17) is 0 Å². The van der Waals surface area contributed by atoms with Crippen molar-refractivity contribution in [2.75, 3.05) is 25.5 Å². The maximum Gasteiger partial charge on any atom is 0.130 e. The molecule has 1 fully saturated rings. The average Bonchev–Trinajstić information content (AvgIpc) is 3.02. The van der Waals surface area contributed by atoms with Gasteiger partial charge in [0.1, 0.15) is 5.82 Å². The van der Waals surface area contributed by atoms with Crippen molar-refractivity contribution in [3.63, 3.8) is 0 Å². The van der Waals surface area contributed by atoms with Crippen LogP contribution in [-0.4, -0.2) is 40.2 Å². The van der Waals surface area contributed by atoms with Crippen LogP contribution >= 0.6 is 0 Å². The number of nitrogens with zero attached hydrogens (tertiary/aromatic N) is 3. The van der Waals surface area contributed by atoms with Crippen molar-refractivity contribution in [2.24, 2.45) is 0 Å². The first-order valence-corrected chi connectivity index (χ1v) is 7.20. The maximum atomic E-state index is 4.38. The van der Waals surface area contributed by atoms with Crippen LogP contribution in [0.25, 0.3) is 0 Å². The van der Waals surface area contributed by atoms with Crippen LogP contribution in [0, 0.1) is 0 Å². The van der Waals surface area contributed by atoms with Gasteiger partial charge in [-0.2, -0.15) is 5.10 Å². The van der Waals surface area contributed by atoms with E-state index in [9.17, 15) is 0 Å². The lowest BCUT2D eigenvalue weighted by atomic mass is 9.94. The third-order valence-corrected chi connectivity index (χ3v) is 3.99. The molecule has 1 saturated heterocycles. The topological polar surface area (TPSA) is 56.8 Å². The lowest BCUT2D eigenvalue weighted by Gasteiger charge is -2.32. The highest BCUT2D eigenvalue weighted by molar-refractivity contribution is 5.42. The number of piperidine rings is 1. The summed E-state index contributed by atoms with van der Waals surface area (Å²) < 4.78 is 0. The van der Waals surface area contributed by atoms with Gasteiger partial charge in [-0.25, -0.2) is 4.98 Å². The van der Waals surface area contributed by atoms with Crippen molar-refractivity contribution in [2.45, 2.75) is 25.3 Å². The number of aromatic amines is 1. The Balaban J connectivity index is 1.68. The van der Waals surface area contributed by atoms with Gasteiger partial charge in [0.15, 0.2) is 0 Å². The summed E-state index contributed by atoms with van der Waals surface area (Å²) in [5, 5.41) is 10.4. The van der Waals surface area contributed by atoms with Crippen molar-refractivity contribution in [1.29, 1.82) is 0 Å². The molecule has 2 aromatic heterocycles. The highest BCUT2D eigenvalue weighted by Crippen LogP contribution is 2.26. The molecule has 5 heteroatoms. The van der Waals surface area contributed by atoms with Crippen molar-refractivity contribution < 1.29 is 0 Å². The number of anilines is 1. The Kier molecular flexibility index (Phi) is 3.97. The highest BCUT2D eigenvalue weighted by atomic mass is 15.2. The van der Waals surface area contributed by atoms with E-state index in [-0.39, 0.29) is 0 Å². The van der Waals surface area contributed by atoms with Gasteiger partial charge in [0.25, 0.3) is 0 Å². The number of rotatable bonds is 4. The summed E-state index contributed by atoms with van der Waals surface area (Å²) in [4.78, 5) is 6.88. The molecule has 0 amide bonds. The van der Waals surface area contributed by atoms with Gasteiger partial charge in [-0.15, -0.1) is 0 Å². The molecular weight excluding hydrogens is 250 g/mol. The number of H-pyrrole nitrogens is 1. The van der Waals surface area contributed by atoms with Gasteiger partial charge in [0.2, 0.25) is 0 Å². The van der Waals surface area contributed by atoms with E-state index in [0.717, 1.165) is 25.5 Å². The molecule has 0 aromatic carbocycles. The SMILES string of the molecule is CNc1ncccc1CN1CCC[C@H](c2ccn[nH]2)C1. The molecular formula is C15H21N5. The van der Waals surface area contributed by atoms with Gasteiger partial charge in [0, 0.05) is 49.7 Å². The van der Waals surface area contributed by atoms with E-state index in [1.165, 1.54) is 24.1 Å². The Bertz CT molecular complexity index is 537. The van der Waals surface area contributed by atoms with Crippen molar-refractivity contribution >= 4 is 5.82 Å². The number of nitrogens with one attached hydrogen (secondary N) is 2. The fraction of sp³-hybridized carbons (Fsp3) is 0.467. The Morgan fingerprint density at radius 1 is 1.40 bits per heavy atom. The number of hydrogen-bond donors (Lipinski definition) is 2. The fourth-order valence-corrected chi connectivity index (χ4v) is 2.98. The zero-order valence-electron chi connectivity index (χ0n) is 11.8. The normalized spacial score (nSPS) is 19.9. The summed E-state index contributed by atoms with van der Waals surface area (Å²) in [5.41, 5.74) is 2.52. The summed E-state index contributed by atoms with van der Waals surface area (Å²) in [6, 6.07) is 6.25. The van der Waals surface area contributed by atoms with Gasteiger partial charge in [-0.3, -0.25) is 10.00 Å². The second-order valence-corrected chi connectivity index (χ2v) is 5.35. The van der Waals surface area contributed by atoms with E-state index >= 15 is 0 Å². The molecule has 0 bridgehead atoms. The number of pyridine rings is 1. The Morgan fingerprint density at radius 3 is 3.15 bits per heavy atom. The largest absolute Gasteiger partial charge is 0.373 e. The van der Waals surface area contributed by atoms with Crippen LogP contribution in [0.3, 0.4) is 0 Å². The van der Waals surface area contributed by atoms with E-state index < -0.39 is 0 Å². The van der Waals surface area contributed by atoms with Crippen molar-refractivity contribution in [3.05, 3.63) is 41.9 Å². The van der Waals surface area contributed by atoms with Crippen LogP contribution in [0.1, 0.15) is 30.0 Å². The summed E-state index contributed by atoms with van der Waals surface area (Å²) in [6.45, 7) is 3.19.